The molecule has 2 aromatic carbocycles. The summed E-state index contributed by atoms with van der Waals surface area (Å²) in [5.74, 6) is 0.542. The summed E-state index contributed by atoms with van der Waals surface area (Å²) in [5, 5.41) is 4.37. The highest BCUT2D eigenvalue weighted by Crippen LogP contribution is 2.33. The number of amides is 1. The molecule has 0 aliphatic heterocycles. The predicted octanol–water partition coefficient (Wildman–Crippen LogP) is 4.69. The second-order valence-corrected chi connectivity index (χ2v) is 7.16. The van der Waals surface area contributed by atoms with Gasteiger partial charge in [0.2, 0.25) is 5.91 Å². The van der Waals surface area contributed by atoms with Crippen molar-refractivity contribution in [3.63, 3.8) is 0 Å². The zero-order valence-corrected chi connectivity index (χ0v) is 15.9. The van der Waals surface area contributed by atoms with Crippen LogP contribution in [0.1, 0.15) is 0 Å². The van der Waals surface area contributed by atoms with Gasteiger partial charge >= 0.3 is 0 Å². The fraction of sp³-hybridized carbons (Fsp3) is 0.176. The van der Waals surface area contributed by atoms with Gasteiger partial charge in [0, 0.05) is 12.7 Å². The number of fused-ring (bicyclic) bond motifs is 1. The Morgan fingerprint density at radius 2 is 2.08 bits per heavy atom. The first-order valence-corrected chi connectivity index (χ1v) is 8.95. The van der Waals surface area contributed by atoms with Crippen LogP contribution in [-0.4, -0.2) is 31.6 Å². The molecule has 130 valence electrons. The van der Waals surface area contributed by atoms with Gasteiger partial charge in [-0.1, -0.05) is 40.6 Å². The number of likely N-dealkylation sites (N-methyl/N-ethyl adjacent to an activating group) is 1. The van der Waals surface area contributed by atoms with Gasteiger partial charge in [0.15, 0.2) is 5.13 Å². The van der Waals surface area contributed by atoms with Crippen LogP contribution < -0.4 is 15.0 Å². The van der Waals surface area contributed by atoms with Crippen LogP contribution in [0.25, 0.3) is 10.2 Å². The highest BCUT2D eigenvalue weighted by atomic mass is 35.5. The predicted molar refractivity (Wildman–Crippen MR) is 105 cm³/mol. The van der Waals surface area contributed by atoms with Gasteiger partial charge in [-0.25, -0.2) is 4.98 Å². The number of hydrogen-bond donors (Lipinski definition) is 1. The van der Waals surface area contributed by atoms with Crippen LogP contribution in [0.3, 0.4) is 0 Å². The number of aromatic nitrogens is 1. The van der Waals surface area contributed by atoms with Crippen molar-refractivity contribution >= 4 is 61.5 Å². The molecule has 0 saturated carbocycles. The number of ether oxygens (including phenoxy) is 1. The minimum atomic E-state index is -0.174. The van der Waals surface area contributed by atoms with Gasteiger partial charge in [0.05, 0.1) is 28.4 Å². The zero-order chi connectivity index (χ0) is 18.0. The van der Waals surface area contributed by atoms with Crippen LogP contribution in [0.15, 0.2) is 36.4 Å². The molecule has 8 heteroatoms. The second kappa shape index (κ2) is 7.47. The summed E-state index contributed by atoms with van der Waals surface area (Å²) in [6, 6.07) is 10.7. The molecule has 0 aliphatic rings. The van der Waals surface area contributed by atoms with Crippen molar-refractivity contribution in [2.45, 2.75) is 0 Å². The van der Waals surface area contributed by atoms with E-state index in [-0.39, 0.29) is 12.5 Å². The van der Waals surface area contributed by atoms with Crippen LogP contribution in [0.2, 0.25) is 10.0 Å². The van der Waals surface area contributed by atoms with E-state index in [0.29, 0.717) is 21.5 Å². The largest absolute Gasteiger partial charge is 0.494 e. The van der Waals surface area contributed by atoms with Gasteiger partial charge < -0.3 is 15.0 Å². The standard InChI is InChI=1S/C17H15Cl2N3O2S/c1-22(9-15(23)20-10-6-7-11(18)12(19)8-10)17-21-16-13(24-2)4-3-5-14(16)25-17/h3-8H,9H2,1-2H3,(H,20,23). The van der Waals surface area contributed by atoms with E-state index in [1.54, 1.807) is 30.2 Å². The van der Waals surface area contributed by atoms with Crippen molar-refractivity contribution < 1.29 is 9.53 Å². The number of halogens is 2. The lowest BCUT2D eigenvalue weighted by Crippen LogP contribution is -2.29. The van der Waals surface area contributed by atoms with Crippen molar-refractivity contribution in [3.05, 3.63) is 46.4 Å². The second-order valence-electron chi connectivity index (χ2n) is 5.34. The molecule has 1 N–H and O–H groups in total. The Hall–Kier alpha value is -2.02. The molecule has 1 aromatic heterocycles. The molecule has 1 amide bonds. The van der Waals surface area contributed by atoms with Gasteiger partial charge in [-0.2, -0.15) is 0 Å². The molecule has 0 saturated heterocycles. The smallest absolute Gasteiger partial charge is 0.243 e. The summed E-state index contributed by atoms with van der Waals surface area (Å²) < 4.78 is 6.33. The number of nitrogens with zero attached hydrogens (tertiary/aromatic N) is 2. The minimum Gasteiger partial charge on any atom is -0.494 e. The highest BCUT2D eigenvalue weighted by Gasteiger charge is 2.14. The maximum atomic E-state index is 12.3. The molecule has 0 fully saturated rings. The summed E-state index contributed by atoms with van der Waals surface area (Å²) in [6.45, 7) is 0.155. The number of hydrogen-bond acceptors (Lipinski definition) is 5. The first-order valence-electron chi connectivity index (χ1n) is 7.37. The quantitative estimate of drug-likeness (QED) is 0.680. The van der Waals surface area contributed by atoms with Crippen LogP contribution in [-0.2, 0) is 4.79 Å². The van der Waals surface area contributed by atoms with Gasteiger partial charge in [-0.05, 0) is 30.3 Å². The number of para-hydroxylation sites is 1. The average molecular weight is 396 g/mol. The summed E-state index contributed by atoms with van der Waals surface area (Å²) in [7, 11) is 3.43. The number of anilines is 2. The molecule has 5 nitrogen and oxygen atoms in total. The maximum absolute atomic E-state index is 12.3. The van der Waals surface area contributed by atoms with Crippen molar-refractivity contribution in [1.29, 1.82) is 0 Å². The number of benzene rings is 2. The number of rotatable bonds is 5. The Bertz CT molecular complexity index is 929. The van der Waals surface area contributed by atoms with Crippen molar-refractivity contribution in [1.82, 2.24) is 4.98 Å². The maximum Gasteiger partial charge on any atom is 0.243 e. The van der Waals surface area contributed by atoms with Gasteiger partial charge in [-0.3, -0.25) is 4.79 Å². The molecule has 0 bridgehead atoms. The van der Waals surface area contributed by atoms with Crippen LogP contribution in [0, 0.1) is 0 Å². The molecule has 0 spiro atoms. The molecule has 1 heterocycles. The van der Waals surface area contributed by atoms with E-state index in [2.05, 4.69) is 10.3 Å². The zero-order valence-electron chi connectivity index (χ0n) is 13.5. The summed E-state index contributed by atoms with van der Waals surface area (Å²) in [5.41, 5.74) is 1.39. The van der Waals surface area contributed by atoms with Crippen LogP contribution >= 0.6 is 34.5 Å². The van der Waals surface area contributed by atoms with E-state index >= 15 is 0 Å². The van der Waals surface area contributed by atoms with E-state index in [1.165, 1.54) is 11.3 Å². The number of nitrogens with one attached hydrogen (secondary N) is 1. The van der Waals surface area contributed by atoms with Crippen LogP contribution in [0.5, 0.6) is 5.75 Å². The number of methoxy groups -OCH3 is 1. The van der Waals surface area contributed by atoms with E-state index < -0.39 is 0 Å². The molecule has 3 aromatic rings. The highest BCUT2D eigenvalue weighted by molar-refractivity contribution is 7.22. The molecule has 0 radical (unpaired) electrons. The fourth-order valence-corrected chi connectivity index (χ4v) is 3.54. The number of carbonyl (C=O) groups is 1. The molecule has 0 aliphatic carbocycles. The monoisotopic (exact) mass is 395 g/mol. The normalized spacial score (nSPS) is 10.7. The molecule has 3 rings (SSSR count). The Morgan fingerprint density at radius 3 is 2.80 bits per heavy atom. The Morgan fingerprint density at radius 1 is 1.28 bits per heavy atom. The van der Waals surface area contributed by atoms with Gasteiger partial charge in [0.25, 0.3) is 0 Å². The fourth-order valence-electron chi connectivity index (χ4n) is 2.30. The summed E-state index contributed by atoms with van der Waals surface area (Å²) >= 11 is 13.3. The minimum absolute atomic E-state index is 0.155. The van der Waals surface area contributed by atoms with Crippen molar-refractivity contribution in [3.8, 4) is 5.75 Å². The van der Waals surface area contributed by atoms with E-state index in [9.17, 15) is 4.79 Å². The van der Waals surface area contributed by atoms with Crippen LogP contribution in [0.4, 0.5) is 10.8 Å². The van der Waals surface area contributed by atoms with E-state index in [1.807, 2.05) is 25.2 Å². The molecule has 0 atom stereocenters. The Labute approximate surface area is 159 Å². The molecular weight excluding hydrogens is 381 g/mol. The first kappa shape index (κ1) is 17.8. The topological polar surface area (TPSA) is 54.5 Å². The molecular formula is C17H15Cl2N3O2S. The summed E-state index contributed by atoms with van der Waals surface area (Å²) in [4.78, 5) is 18.6. The van der Waals surface area contributed by atoms with E-state index in [0.717, 1.165) is 15.3 Å². The average Bonchev–Trinajstić information content (AvgIpc) is 3.02. The lowest BCUT2D eigenvalue weighted by molar-refractivity contribution is -0.114. The Balaban J connectivity index is 1.72. The Kier molecular flexibility index (Phi) is 5.32. The third kappa shape index (κ3) is 3.98. The van der Waals surface area contributed by atoms with Gasteiger partial charge in [0.1, 0.15) is 11.3 Å². The van der Waals surface area contributed by atoms with Gasteiger partial charge in [-0.15, -0.1) is 0 Å². The SMILES string of the molecule is COc1cccc2sc(N(C)CC(=O)Nc3ccc(Cl)c(Cl)c3)nc12. The first-order chi connectivity index (χ1) is 12.0. The third-order valence-corrected chi connectivity index (χ3v) is 5.38. The lowest BCUT2D eigenvalue weighted by atomic mass is 10.3. The summed E-state index contributed by atoms with van der Waals surface area (Å²) in [6.07, 6.45) is 0. The van der Waals surface area contributed by atoms with Crippen molar-refractivity contribution in [2.24, 2.45) is 0 Å². The number of carbonyl (C=O) groups excluding carboxylic acids is 1. The third-order valence-electron chi connectivity index (χ3n) is 3.50. The van der Waals surface area contributed by atoms with Crippen molar-refractivity contribution in [2.75, 3.05) is 30.9 Å². The van der Waals surface area contributed by atoms with E-state index in [4.69, 9.17) is 27.9 Å². The number of thiazole rings is 1. The lowest BCUT2D eigenvalue weighted by Gasteiger charge is -2.15. The molecule has 0 unspecified atom stereocenters. The molecule has 25 heavy (non-hydrogen) atoms.